The fourth-order valence-corrected chi connectivity index (χ4v) is 1.79. The molecule has 0 radical (unpaired) electrons. The lowest BCUT2D eigenvalue weighted by Gasteiger charge is -2.18. The molecule has 5 heteroatoms. The van der Waals surface area contributed by atoms with Crippen LogP contribution < -0.4 is 0 Å². The first-order chi connectivity index (χ1) is 7.87. The Kier molecular flexibility index (Phi) is 3.00. The Balaban J connectivity index is 2.38. The second-order valence-electron chi connectivity index (χ2n) is 5.37. The molecule has 2 rings (SSSR count). The van der Waals surface area contributed by atoms with E-state index in [1.165, 1.54) is 6.20 Å². The highest BCUT2D eigenvalue weighted by Crippen LogP contribution is 2.25. The molecule has 0 aliphatic rings. The van der Waals surface area contributed by atoms with Crippen LogP contribution >= 0.6 is 11.6 Å². The highest BCUT2D eigenvalue weighted by Gasteiger charge is 2.15. The van der Waals surface area contributed by atoms with Gasteiger partial charge in [-0.1, -0.05) is 32.4 Å². The minimum absolute atomic E-state index is 0.000910. The summed E-state index contributed by atoms with van der Waals surface area (Å²) in [4.78, 5) is 8.09. The molecular formula is C12H16ClN3O. The number of imidazole rings is 1. The summed E-state index contributed by atoms with van der Waals surface area (Å²) in [6.45, 7) is 7.19. The summed E-state index contributed by atoms with van der Waals surface area (Å²) < 4.78 is 1.75. The highest BCUT2D eigenvalue weighted by atomic mass is 35.5. The molecule has 0 atom stereocenters. The molecule has 0 aromatic carbocycles. The van der Waals surface area contributed by atoms with Crippen molar-refractivity contribution in [2.75, 3.05) is 0 Å². The predicted octanol–water partition coefficient (Wildman–Crippen LogP) is 3.23. The van der Waals surface area contributed by atoms with E-state index in [1.54, 1.807) is 10.6 Å². The Morgan fingerprint density at radius 3 is 2.76 bits per heavy atom. The maximum Gasteiger partial charge on any atom is 0.296 e. The molecule has 0 aliphatic heterocycles. The van der Waals surface area contributed by atoms with Gasteiger partial charge in [0, 0.05) is 12.7 Å². The van der Waals surface area contributed by atoms with Gasteiger partial charge in [0.1, 0.15) is 0 Å². The zero-order valence-corrected chi connectivity index (χ0v) is 11.0. The van der Waals surface area contributed by atoms with Gasteiger partial charge in [0.25, 0.3) is 6.01 Å². The van der Waals surface area contributed by atoms with Crippen molar-refractivity contribution in [3.63, 3.8) is 0 Å². The van der Waals surface area contributed by atoms with Crippen LogP contribution in [0.25, 0.3) is 11.2 Å². The Morgan fingerprint density at radius 2 is 2.12 bits per heavy atom. The Labute approximate surface area is 105 Å². The largest absolute Gasteiger partial charge is 0.480 e. The number of hydrogen-bond acceptors (Lipinski definition) is 3. The van der Waals surface area contributed by atoms with Crippen LogP contribution in [0.4, 0.5) is 0 Å². The fourth-order valence-electron chi connectivity index (χ4n) is 1.64. The van der Waals surface area contributed by atoms with E-state index in [1.807, 2.05) is 0 Å². The quantitative estimate of drug-likeness (QED) is 0.894. The predicted molar refractivity (Wildman–Crippen MR) is 68.3 cm³/mol. The SMILES string of the molecule is CC(C)(C)CCn1c(O)nc2ncc(Cl)cc21. The summed E-state index contributed by atoms with van der Waals surface area (Å²) in [5, 5.41) is 10.3. The van der Waals surface area contributed by atoms with Crippen LogP contribution in [0.15, 0.2) is 12.3 Å². The zero-order chi connectivity index (χ0) is 12.6. The summed E-state index contributed by atoms with van der Waals surface area (Å²) in [7, 11) is 0. The first-order valence-electron chi connectivity index (χ1n) is 5.57. The van der Waals surface area contributed by atoms with Gasteiger partial charge in [-0.2, -0.15) is 4.98 Å². The summed E-state index contributed by atoms with van der Waals surface area (Å²) in [5.41, 5.74) is 1.51. The maximum absolute atomic E-state index is 9.79. The monoisotopic (exact) mass is 253 g/mol. The Morgan fingerprint density at radius 1 is 1.41 bits per heavy atom. The molecule has 2 aromatic heterocycles. The van der Waals surface area contributed by atoms with E-state index in [0.29, 0.717) is 17.2 Å². The van der Waals surface area contributed by atoms with E-state index in [-0.39, 0.29) is 11.4 Å². The second-order valence-corrected chi connectivity index (χ2v) is 5.81. The van der Waals surface area contributed by atoms with Crippen LogP contribution in [-0.4, -0.2) is 19.6 Å². The van der Waals surface area contributed by atoms with Crippen LogP contribution in [0.2, 0.25) is 5.02 Å². The van der Waals surface area contributed by atoms with Gasteiger partial charge in [-0.15, -0.1) is 0 Å². The second kappa shape index (κ2) is 4.18. The summed E-state index contributed by atoms with van der Waals surface area (Å²) >= 11 is 5.90. The van der Waals surface area contributed by atoms with Gasteiger partial charge in [0.2, 0.25) is 0 Å². The Bertz CT molecular complexity index is 542. The van der Waals surface area contributed by atoms with Crippen LogP contribution in [0.1, 0.15) is 27.2 Å². The van der Waals surface area contributed by atoms with Gasteiger partial charge in [-0.25, -0.2) is 4.98 Å². The molecule has 0 amide bonds. The normalized spacial score (nSPS) is 12.2. The third-order valence-corrected chi connectivity index (χ3v) is 2.84. The number of rotatable bonds is 2. The topological polar surface area (TPSA) is 50.9 Å². The van der Waals surface area contributed by atoms with Crippen molar-refractivity contribution in [3.8, 4) is 6.01 Å². The van der Waals surface area contributed by atoms with Crippen molar-refractivity contribution >= 4 is 22.8 Å². The van der Waals surface area contributed by atoms with E-state index in [4.69, 9.17) is 11.6 Å². The minimum Gasteiger partial charge on any atom is -0.480 e. The molecule has 0 fully saturated rings. The molecule has 2 aromatic rings. The molecule has 1 N–H and O–H groups in total. The molecule has 4 nitrogen and oxygen atoms in total. The number of hydrogen-bond donors (Lipinski definition) is 1. The summed E-state index contributed by atoms with van der Waals surface area (Å²) in [6, 6.07) is 1.78. The maximum atomic E-state index is 9.79. The van der Waals surface area contributed by atoms with Gasteiger partial charge in [-0.3, -0.25) is 4.57 Å². The third-order valence-electron chi connectivity index (χ3n) is 2.64. The first kappa shape index (κ1) is 12.2. The minimum atomic E-state index is -0.000910. The van der Waals surface area contributed by atoms with Gasteiger partial charge in [-0.05, 0) is 17.9 Å². The lowest BCUT2D eigenvalue weighted by molar-refractivity contribution is 0.331. The summed E-state index contributed by atoms with van der Waals surface area (Å²) in [6.07, 6.45) is 2.48. The number of aryl methyl sites for hydroxylation is 1. The van der Waals surface area contributed by atoms with Crippen molar-refractivity contribution in [1.82, 2.24) is 14.5 Å². The Hall–Kier alpha value is -1.29. The molecule has 0 spiro atoms. The van der Waals surface area contributed by atoms with E-state index < -0.39 is 0 Å². The molecule has 0 aliphatic carbocycles. The number of nitrogens with zero attached hydrogens (tertiary/aromatic N) is 3. The fraction of sp³-hybridized carbons (Fsp3) is 0.500. The molecule has 92 valence electrons. The average molecular weight is 254 g/mol. The van der Waals surface area contributed by atoms with Gasteiger partial charge < -0.3 is 5.11 Å². The molecule has 0 saturated carbocycles. The van der Waals surface area contributed by atoms with Gasteiger partial charge >= 0.3 is 0 Å². The number of pyridine rings is 1. The lowest BCUT2D eigenvalue weighted by Crippen LogP contribution is -2.10. The van der Waals surface area contributed by atoms with E-state index in [0.717, 1.165) is 11.9 Å². The molecule has 0 bridgehead atoms. The van der Waals surface area contributed by atoms with E-state index in [9.17, 15) is 5.11 Å². The first-order valence-corrected chi connectivity index (χ1v) is 5.95. The standard InChI is InChI=1S/C12H16ClN3O/c1-12(2,3)4-5-16-9-6-8(13)7-14-10(9)15-11(16)17/h6-7H,4-5H2,1-3H3,(H,14,15,17). The highest BCUT2D eigenvalue weighted by molar-refractivity contribution is 6.31. The van der Waals surface area contributed by atoms with E-state index >= 15 is 0 Å². The zero-order valence-electron chi connectivity index (χ0n) is 10.2. The number of aromatic nitrogens is 3. The van der Waals surface area contributed by atoms with Crippen molar-refractivity contribution in [1.29, 1.82) is 0 Å². The van der Waals surface area contributed by atoms with Gasteiger partial charge in [0.15, 0.2) is 5.65 Å². The van der Waals surface area contributed by atoms with Crippen molar-refractivity contribution in [2.24, 2.45) is 5.41 Å². The van der Waals surface area contributed by atoms with Gasteiger partial charge in [0.05, 0.1) is 10.5 Å². The van der Waals surface area contributed by atoms with E-state index in [2.05, 4.69) is 30.7 Å². The van der Waals surface area contributed by atoms with Crippen molar-refractivity contribution in [2.45, 2.75) is 33.7 Å². The van der Waals surface area contributed by atoms with Crippen LogP contribution in [0, 0.1) is 5.41 Å². The molecule has 0 unspecified atom stereocenters. The molecule has 2 heterocycles. The number of aromatic hydroxyl groups is 1. The van der Waals surface area contributed by atoms with Crippen molar-refractivity contribution in [3.05, 3.63) is 17.3 Å². The molecule has 0 saturated heterocycles. The average Bonchev–Trinajstić information content (AvgIpc) is 2.49. The lowest BCUT2D eigenvalue weighted by atomic mass is 9.92. The molecule has 17 heavy (non-hydrogen) atoms. The number of fused-ring (bicyclic) bond motifs is 1. The number of halogens is 1. The van der Waals surface area contributed by atoms with Crippen LogP contribution in [-0.2, 0) is 6.54 Å². The van der Waals surface area contributed by atoms with Crippen LogP contribution in [0.3, 0.4) is 0 Å². The molecular weight excluding hydrogens is 238 g/mol. The van der Waals surface area contributed by atoms with Crippen molar-refractivity contribution < 1.29 is 5.11 Å². The summed E-state index contributed by atoms with van der Waals surface area (Å²) in [5.74, 6) is 0. The third kappa shape index (κ3) is 2.69. The van der Waals surface area contributed by atoms with Crippen LogP contribution in [0.5, 0.6) is 6.01 Å². The smallest absolute Gasteiger partial charge is 0.296 e.